The number of para-hydroxylation sites is 2. The van der Waals surface area contributed by atoms with E-state index in [1.54, 1.807) is 36.4 Å². The zero-order valence-electron chi connectivity index (χ0n) is 17.4. The summed E-state index contributed by atoms with van der Waals surface area (Å²) >= 11 is 1.33. The van der Waals surface area contributed by atoms with E-state index in [1.807, 2.05) is 24.3 Å². The number of benzene rings is 2. The first-order chi connectivity index (χ1) is 16.1. The number of hydrogen-bond acceptors (Lipinski definition) is 7. The number of hydrogen-bond donors (Lipinski definition) is 1. The van der Waals surface area contributed by atoms with Gasteiger partial charge in [-0.1, -0.05) is 24.3 Å². The van der Waals surface area contributed by atoms with Crippen molar-refractivity contribution in [1.82, 2.24) is 9.55 Å². The zero-order chi connectivity index (χ0) is 22.8. The lowest BCUT2D eigenvalue weighted by Gasteiger charge is -2.23. The molecule has 1 N–H and O–H groups in total. The van der Waals surface area contributed by atoms with Gasteiger partial charge in [0.15, 0.2) is 5.82 Å². The van der Waals surface area contributed by atoms with E-state index < -0.39 is 11.2 Å². The van der Waals surface area contributed by atoms with Gasteiger partial charge in [-0.3, -0.25) is 19.0 Å². The highest BCUT2D eigenvalue weighted by molar-refractivity contribution is 8.01. The Morgan fingerprint density at radius 1 is 1.09 bits per heavy atom. The molecule has 0 radical (unpaired) electrons. The molecule has 0 spiro atoms. The fourth-order valence-corrected chi connectivity index (χ4v) is 4.72. The van der Waals surface area contributed by atoms with Crippen LogP contribution in [0.1, 0.15) is 18.0 Å². The van der Waals surface area contributed by atoms with Gasteiger partial charge in [0.05, 0.1) is 41.1 Å². The average Bonchev–Trinajstić information content (AvgIpc) is 3.34. The molecule has 0 unspecified atom stereocenters. The Bertz CT molecular complexity index is 1400. The van der Waals surface area contributed by atoms with Gasteiger partial charge in [0.25, 0.3) is 5.56 Å². The second-order valence-electron chi connectivity index (χ2n) is 7.47. The number of ether oxygens (including phenoxy) is 1. The van der Waals surface area contributed by atoms with E-state index in [2.05, 4.69) is 10.3 Å². The molecule has 2 aromatic carbocycles. The molecule has 9 heteroatoms. The lowest BCUT2D eigenvalue weighted by atomic mass is 10.2. The molecule has 33 heavy (non-hydrogen) atoms. The highest BCUT2D eigenvalue weighted by Crippen LogP contribution is 2.36. The lowest BCUT2D eigenvalue weighted by Crippen LogP contribution is -2.31. The molecular formula is C24H19N3O5S. The molecule has 1 atom stereocenters. The first-order valence-corrected chi connectivity index (χ1v) is 11.2. The summed E-state index contributed by atoms with van der Waals surface area (Å²) in [6.07, 6.45) is 1.43. The number of aromatic nitrogens is 2. The maximum atomic E-state index is 13.1. The number of anilines is 1. The van der Waals surface area contributed by atoms with Crippen molar-refractivity contribution < 1.29 is 18.7 Å². The molecule has 166 valence electrons. The summed E-state index contributed by atoms with van der Waals surface area (Å²) in [4.78, 5) is 43.5. The summed E-state index contributed by atoms with van der Waals surface area (Å²) in [6, 6.07) is 17.9. The van der Waals surface area contributed by atoms with Crippen LogP contribution in [0.25, 0.3) is 10.9 Å². The number of nitrogens with zero attached hydrogens (tertiary/aromatic N) is 2. The van der Waals surface area contributed by atoms with E-state index in [0.29, 0.717) is 22.5 Å². The topological polar surface area (TPSA) is 103 Å². The summed E-state index contributed by atoms with van der Waals surface area (Å²) in [5, 5.41) is 2.69. The van der Waals surface area contributed by atoms with E-state index in [-0.39, 0.29) is 31.0 Å². The van der Waals surface area contributed by atoms with Crippen molar-refractivity contribution in [2.45, 2.75) is 29.7 Å². The molecule has 1 aliphatic heterocycles. The van der Waals surface area contributed by atoms with Gasteiger partial charge in [0.2, 0.25) is 5.91 Å². The van der Waals surface area contributed by atoms with Crippen LogP contribution in [0.2, 0.25) is 0 Å². The quantitative estimate of drug-likeness (QED) is 0.438. The molecule has 0 saturated heterocycles. The number of furan rings is 1. The van der Waals surface area contributed by atoms with Gasteiger partial charge in [-0.2, -0.15) is 0 Å². The van der Waals surface area contributed by atoms with Gasteiger partial charge in [-0.25, -0.2) is 4.98 Å². The van der Waals surface area contributed by atoms with Gasteiger partial charge in [0, 0.05) is 4.90 Å². The number of rotatable bonds is 6. The van der Waals surface area contributed by atoms with Crippen LogP contribution in [-0.4, -0.2) is 26.7 Å². The number of thioether (sulfide) groups is 1. The van der Waals surface area contributed by atoms with Crippen LogP contribution in [-0.2, 0) is 27.5 Å². The third-order valence-electron chi connectivity index (χ3n) is 5.26. The van der Waals surface area contributed by atoms with Crippen molar-refractivity contribution in [1.29, 1.82) is 0 Å². The summed E-state index contributed by atoms with van der Waals surface area (Å²) in [7, 11) is 0. The van der Waals surface area contributed by atoms with Crippen LogP contribution in [0.15, 0.2) is 81.0 Å². The molecule has 1 aliphatic rings. The van der Waals surface area contributed by atoms with E-state index in [1.165, 1.54) is 22.6 Å². The Morgan fingerprint density at radius 3 is 2.76 bits per heavy atom. The minimum Gasteiger partial charge on any atom is -0.467 e. The third-order valence-corrected chi connectivity index (χ3v) is 6.53. The molecule has 0 saturated carbocycles. The molecule has 8 nitrogen and oxygen atoms in total. The van der Waals surface area contributed by atoms with Crippen LogP contribution in [0, 0.1) is 0 Å². The van der Waals surface area contributed by atoms with Gasteiger partial charge in [-0.05, 0) is 36.4 Å². The van der Waals surface area contributed by atoms with E-state index in [4.69, 9.17) is 9.15 Å². The van der Waals surface area contributed by atoms with Crippen LogP contribution in [0.4, 0.5) is 5.69 Å². The normalized spacial score (nSPS) is 15.2. The first-order valence-electron chi connectivity index (χ1n) is 10.3. The van der Waals surface area contributed by atoms with Gasteiger partial charge >= 0.3 is 5.97 Å². The second-order valence-corrected chi connectivity index (χ2v) is 8.72. The molecule has 2 aromatic heterocycles. The van der Waals surface area contributed by atoms with Crippen LogP contribution < -0.4 is 10.9 Å². The minimum atomic E-state index is -0.595. The van der Waals surface area contributed by atoms with Crippen molar-refractivity contribution in [2.75, 3.05) is 5.32 Å². The Hall–Kier alpha value is -3.85. The van der Waals surface area contributed by atoms with Crippen molar-refractivity contribution in [3.63, 3.8) is 0 Å². The van der Waals surface area contributed by atoms with Gasteiger partial charge in [-0.15, -0.1) is 11.8 Å². The number of carbonyl (C=O) groups is 2. The number of carbonyl (C=O) groups excluding carboxylic acids is 2. The average molecular weight is 461 g/mol. The summed E-state index contributed by atoms with van der Waals surface area (Å²) in [5.41, 5.74) is 1.00. The molecule has 3 heterocycles. The summed E-state index contributed by atoms with van der Waals surface area (Å²) in [6.45, 7) is -0.0383. The van der Waals surface area contributed by atoms with E-state index >= 15 is 0 Å². The zero-order valence-corrected chi connectivity index (χ0v) is 18.2. The van der Waals surface area contributed by atoms with Crippen LogP contribution in [0.3, 0.4) is 0 Å². The SMILES string of the molecule is O=C(C[C@H]1Sc2ccccc2NC1=O)OCc1nc2ccccc2c(=O)n1Cc1ccco1. The molecular weight excluding hydrogens is 442 g/mol. The third kappa shape index (κ3) is 4.40. The second kappa shape index (κ2) is 8.95. The number of esters is 1. The monoisotopic (exact) mass is 461 g/mol. The molecule has 1 amide bonds. The smallest absolute Gasteiger partial charge is 0.307 e. The highest BCUT2D eigenvalue weighted by atomic mass is 32.2. The van der Waals surface area contributed by atoms with Crippen molar-refractivity contribution in [3.05, 3.63) is 88.9 Å². The summed E-state index contributed by atoms with van der Waals surface area (Å²) in [5.74, 6) is 0.0911. The summed E-state index contributed by atoms with van der Waals surface area (Å²) < 4.78 is 12.3. The van der Waals surface area contributed by atoms with Crippen molar-refractivity contribution in [3.8, 4) is 0 Å². The van der Waals surface area contributed by atoms with Crippen molar-refractivity contribution >= 4 is 40.2 Å². The predicted molar refractivity (Wildman–Crippen MR) is 123 cm³/mol. The Morgan fingerprint density at radius 2 is 1.91 bits per heavy atom. The fourth-order valence-electron chi connectivity index (χ4n) is 3.63. The molecule has 0 fully saturated rings. The number of fused-ring (bicyclic) bond motifs is 2. The van der Waals surface area contributed by atoms with Crippen LogP contribution in [0.5, 0.6) is 0 Å². The first kappa shape index (κ1) is 21.0. The highest BCUT2D eigenvalue weighted by Gasteiger charge is 2.29. The largest absolute Gasteiger partial charge is 0.467 e. The van der Waals surface area contributed by atoms with Gasteiger partial charge in [0.1, 0.15) is 12.4 Å². The van der Waals surface area contributed by atoms with Crippen LogP contribution >= 0.6 is 11.8 Å². The maximum absolute atomic E-state index is 13.1. The predicted octanol–water partition coefficient (Wildman–Crippen LogP) is 3.58. The van der Waals surface area contributed by atoms with Gasteiger partial charge < -0.3 is 14.5 Å². The van der Waals surface area contributed by atoms with E-state index in [0.717, 1.165) is 10.6 Å². The molecule has 5 rings (SSSR count). The Labute approximate surface area is 192 Å². The minimum absolute atomic E-state index is 0.0964. The molecule has 4 aromatic rings. The lowest BCUT2D eigenvalue weighted by molar-refractivity contribution is -0.146. The Balaban J connectivity index is 1.34. The maximum Gasteiger partial charge on any atom is 0.307 e. The number of nitrogens with one attached hydrogen (secondary N) is 1. The Kier molecular flexibility index (Phi) is 5.70. The number of amides is 1. The molecule has 0 aliphatic carbocycles. The standard InChI is InChI=1S/C24H19N3O5S/c28-22(12-20-23(29)26-18-9-3-4-10-19(18)33-20)32-14-21-25-17-8-2-1-7-16(17)24(30)27(21)13-15-6-5-11-31-15/h1-11,20H,12-14H2,(H,26,29)/t20-/m1/s1. The fraction of sp³-hybridized carbons (Fsp3) is 0.167. The van der Waals surface area contributed by atoms with E-state index in [9.17, 15) is 14.4 Å². The molecule has 0 bridgehead atoms. The van der Waals surface area contributed by atoms with Crippen molar-refractivity contribution in [2.24, 2.45) is 0 Å².